The van der Waals surface area contributed by atoms with Gasteiger partial charge in [-0.3, -0.25) is 0 Å². The number of ether oxygens (including phenoxy) is 1. The fraction of sp³-hybridized carbons (Fsp3) is 0.440. The normalized spacial score (nSPS) is 14.6. The number of unbranched alkanes of at least 4 members (excludes halogenated alkanes) is 5. The first kappa shape index (κ1) is 22.0. The van der Waals surface area contributed by atoms with E-state index in [-0.39, 0.29) is 18.9 Å². The van der Waals surface area contributed by atoms with E-state index in [1.807, 2.05) is 36.4 Å². The van der Waals surface area contributed by atoms with E-state index in [1.54, 1.807) is 0 Å². The molecule has 0 spiro atoms. The zero-order valence-corrected chi connectivity index (χ0v) is 17.6. The summed E-state index contributed by atoms with van der Waals surface area (Å²) in [6, 6.07) is 16.1. The van der Waals surface area contributed by atoms with Gasteiger partial charge in [-0.05, 0) is 28.7 Å². The summed E-state index contributed by atoms with van der Waals surface area (Å²) in [5, 5.41) is 9.63. The van der Waals surface area contributed by atoms with Crippen molar-refractivity contribution in [1.29, 1.82) is 0 Å². The molecular formula is C25H31NO4. The zero-order chi connectivity index (χ0) is 21.6. The SMILES string of the molecule is CCCCCCCC[C@](N)(C(=O)O)C(=O)OCC1c2ccccc2-c2ccccc21. The van der Waals surface area contributed by atoms with Gasteiger partial charge < -0.3 is 15.6 Å². The lowest BCUT2D eigenvalue weighted by atomic mass is 9.92. The van der Waals surface area contributed by atoms with Gasteiger partial charge in [0, 0.05) is 5.92 Å². The van der Waals surface area contributed by atoms with Crippen LogP contribution in [0.3, 0.4) is 0 Å². The molecule has 0 fully saturated rings. The van der Waals surface area contributed by atoms with E-state index in [4.69, 9.17) is 10.5 Å². The number of carbonyl (C=O) groups is 2. The van der Waals surface area contributed by atoms with Gasteiger partial charge >= 0.3 is 11.9 Å². The summed E-state index contributed by atoms with van der Waals surface area (Å²) in [4.78, 5) is 24.5. The third kappa shape index (κ3) is 4.57. The van der Waals surface area contributed by atoms with Crippen LogP contribution in [0.1, 0.15) is 68.9 Å². The standard InChI is InChI=1S/C25H31NO4/c1-2-3-4-5-6-11-16-25(26,23(27)28)24(29)30-17-22-20-14-9-7-12-18(20)19-13-8-10-15-21(19)22/h7-10,12-15,22H,2-6,11,16-17,26H2,1H3,(H,27,28)/t25-/m0/s1. The van der Waals surface area contributed by atoms with Crippen LogP contribution in [0.15, 0.2) is 48.5 Å². The van der Waals surface area contributed by atoms with Gasteiger partial charge in [0.05, 0.1) is 0 Å². The van der Waals surface area contributed by atoms with Crippen LogP contribution in [0.4, 0.5) is 0 Å². The van der Waals surface area contributed by atoms with Gasteiger partial charge in [0.1, 0.15) is 6.61 Å². The Bertz CT molecular complexity index is 849. The molecule has 3 rings (SSSR count). The average molecular weight is 410 g/mol. The molecule has 3 N–H and O–H groups in total. The Balaban J connectivity index is 1.65. The highest BCUT2D eigenvalue weighted by molar-refractivity contribution is 6.03. The summed E-state index contributed by atoms with van der Waals surface area (Å²) in [6.45, 7) is 2.22. The Labute approximate surface area is 178 Å². The number of carbonyl (C=O) groups excluding carboxylic acids is 1. The molecule has 0 heterocycles. The highest BCUT2D eigenvalue weighted by Crippen LogP contribution is 2.44. The number of fused-ring (bicyclic) bond motifs is 3. The van der Waals surface area contributed by atoms with E-state index in [0.717, 1.165) is 47.9 Å². The first-order valence-electron chi connectivity index (χ1n) is 10.9. The van der Waals surface area contributed by atoms with Crippen LogP contribution in [-0.4, -0.2) is 29.2 Å². The summed E-state index contributed by atoms with van der Waals surface area (Å²) < 4.78 is 5.52. The first-order chi connectivity index (χ1) is 14.5. The molecule has 2 aromatic rings. The van der Waals surface area contributed by atoms with Gasteiger partial charge in [-0.1, -0.05) is 94.0 Å². The number of rotatable bonds is 11. The summed E-state index contributed by atoms with van der Waals surface area (Å²) in [7, 11) is 0. The third-order valence-corrected chi connectivity index (χ3v) is 6.01. The van der Waals surface area contributed by atoms with E-state index in [9.17, 15) is 14.7 Å². The molecule has 2 aromatic carbocycles. The number of hydrogen-bond donors (Lipinski definition) is 2. The second-order valence-electron chi connectivity index (χ2n) is 8.12. The number of carboxylic acids is 1. The first-order valence-corrected chi connectivity index (χ1v) is 10.9. The van der Waals surface area contributed by atoms with Crippen LogP contribution in [0.25, 0.3) is 11.1 Å². The van der Waals surface area contributed by atoms with Gasteiger partial charge in [-0.2, -0.15) is 0 Å². The quantitative estimate of drug-likeness (QED) is 0.314. The molecule has 0 unspecified atom stereocenters. The molecule has 5 nitrogen and oxygen atoms in total. The van der Waals surface area contributed by atoms with Crippen LogP contribution in [0.2, 0.25) is 0 Å². The Morgan fingerprint density at radius 3 is 2.03 bits per heavy atom. The van der Waals surface area contributed by atoms with Crippen molar-refractivity contribution in [3.05, 3.63) is 59.7 Å². The Morgan fingerprint density at radius 2 is 1.47 bits per heavy atom. The van der Waals surface area contributed by atoms with Crippen molar-refractivity contribution < 1.29 is 19.4 Å². The van der Waals surface area contributed by atoms with Gasteiger partial charge in [-0.15, -0.1) is 0 Å². The number of aliphatic carboxylic acids is 1. The third-order valence-electron chi connectivity index (χ3n) is 6.01. The van der Waals surface area contributed by atoms with Gasteiger partial charge in [0.2, 0.25) is 5.54 Å². The minimum absolute atomic E-state index is 0.0790. The van der Waals surface area contributed by atoms with Crippen LogP contribution in [-0.2, 0) is 14.3 Å². The Morgan fingerprint density at radius 1 is 0.933 bits per heavy atom. The number of carboxylic acid groups (broad SMARTS) is 1. The summed E-state index contributed by atoms with van der Waals surface area (Å²) >= 11 is 0. The van der Waals surface area contributed by atoms with Crippen molar-refractivity contribution in [1.82, 2.24) is 0 Å². The van der Waals surface area contributed by atoms with E-state index in [1.165, 1.54) is 6.42 Å². The molecule has 0 bridgehead atoms. The fourth-order valence-electron chi connectivity index (χ4n) is 4.21. The van der Waals surface area contributed by atoms with Crippen molar-refractivity contribution >= 4 is 11.9 Å². The molecule has 30 heavy (non-hydrogen) atoms. The molecule has 1 atom stereocenters. The molecule has 5 heteroatoms. The fourth-order valence-corrected chi connectivity index (χ4v) is 4.21. The Hall–Kier alpha value is -2.66. The van der Waals surface area contributed by atoms with Crippen LogP contribution < -0.4 is 5.73 Å². The van der Waals surface area contributed by atoms with E-state index < -0.39 is 17.5 Å². The van der Waals surface area contributed by atoms with Crippen LogP contribution >= 0.6 is 0 Å². The number of nitrogens with two attached hydrogens (primary N) is 1. The average Bonchev–Trinajstić information content (AvgIpc) is 3.08. The highest BCUT2D eigenvalue weighted by Gasteiger charge is 2.44. The number of benzene rings is 2. The monoisotopic (exact) mass is 409 g/mol. The molecule has 0 aliphatic heterocycles. The molecule has 160 valence electrons. The highest BCUT2D eigenvalue weighted by atomic mass is 16.5. The molecule has 0 radical (unpaired) electrons. The van der Waals surface area contributed by atoms with Crippen molar-refractivity contribution in [2.75, 3.05) is 6.61 Å². The summed E-state index contributed by atoms with van der Waals surface area (Å²) in [6.07, 6.45) is 6.00. The van der Waals surface area contributed by atoms with Crippen LogP contribution in [0, 0.1) is 0 Å². The number of hydrogen-bond acceptors (Lipinski definition) is 4. The van der Waals surface area contributed by atoms with Crippen molar-refractivity contribution in [2.45, 2.75) is 63.3 Å². The van der Waals surface area contributed by atoms with Crippen molar-refractivity contribution in [3.8, 4) is 11.1 Å². The van der Waals surface area contributed by atoms with E-state index in [2.05, 4.69) is 19.1 Å². The molecule has 0 saturated carbocycles. The second kappa shape index (κ2) is 9.90. The van der Waals surface area contributed by atoms with Crippen molar-refractivity contribution in [3.63, 3.8) is 0 Å². The second-order valence-corrected chi connectivity index (χ2v) is 8.12. The Kier molecular flexibility index (Phi) is 7.27. The zero-order valence-electron chi connectivity index (χ0n) is 17.6. The molecule has 1 aliphatic carbocycles. The predicted molar refractivity (Wildman–Crippen MR) is 117 cm³/mol. The van der Waals surface area contributed by atoms with Gasteiger partial charge in [0.25, 0.3) is 0 Å². The van der Waals surface area contributed by atoms with E-state index in [0.29, 0.717) is 6.42 Å². The largest absolute Gasteiger partial charge is 0.479 e. The van der Waals surface area contributed by atoms with Gasteiger partial charge in [-0.25, -0.2) is 9.59 Å². The maximum absolute atomic E-state index is 12.7. The lowest BCUT2D eigenvalue weighted by molar-refractivity contribution is -0.161. The lowest BCUT2D eigenvalue weighted by Crippen LogP contribution is -2.56. The van der Waals surface area contributed by atoms with Crippen LogP contribution in [0.5, 0.6) is 0 Å². The predicted octanol–water partition coefficient (Wildman–Crippen LogP) is 4.87. The molecular weight excluding hydrogens is 378 g/mol. The topological polar surface area (TPSA) is 89.6 Å². The lowest BCUT2D eigenvalue weighted by Gasteiger charge is -2.24. The molecule has 1 aliphatic rings. The molecule has 0 saturated heterocycles. The maximum Gasteiger partial charge on any atom is 0.337 e. The minimum atomic E-state index is -2.00. The maximum atomic E-state index is 12.7. The molecule has 0 aromatic heterocycles. The van der Waals surface area contributed by atoms with Gasteiger partial charge in [0.15, 0.2) is 0 Å². The minimum Gasteiger partial charge on any atom is -0.479 e. The van der Waals surface area contributed by atoms with Crippen molar-refractivity contribution in [2.24, 2.45) is 5.73 Å². The summed E-state index contributed by atoms with van der Waals surface area (Å²) in [5.74, 6) is -2.30. The van der Waals surface area contributed by atoms with E-state index >= 15 is 0 Å². The molecule has 0 amide bonds. The number of esters is 1. The summed E-state index contributed by atoms with van der Waals surface area (Å²) in [5.41, 5.74) is 8.44. The smallest absolute Gasteiger partial charge is 0.337 e.